The van der Waals surface area contributed by atoms with Crippen molar-refractivity contribution in [3.05, 3.63) is 65.0 Å². The molecule has 170 valence electrons. The first kappa shape index (κ1) is 23.7. The van der Waals surface area contributed by atoms with E-state index in [0.717, 1.165) is 42.7 Å². The quantitative estimate of drug-likeness (QED) is 0.489. The van der Waals surface area contributed by atoms with Gasteiger partial charge in [-0.25, -0.2) is 4.39 Å². The zero-order chi connectivity index (χ0) is 21.6. The van der Waals surface area contributed by atoms with E-state index in [1.54, 1.807) is 12.1 Å². The van der Waals surface area contributed by atoms with Crippen LogP contribution in [0.4, 0.5) is 27.9 Å². The third-order valence-corrected chi connectivity index (χ3v) is 5.52. The zero-order valence-electron chi connectivity index (χ0n) is 18.6. The van der Waals surface area contributed by atoms with Crippen molar-refractivity contribution in [2.24, 2.45) is 0 Å². The molecule has 2 aromatic carbocycles. The molecule has 1 aliphatic heterocycles. The summed E-state index contributed by atoms with van der Waals surface area (Å²) < 4.78 is 13.2. The van der Waals surface area contributed by atoms with Crippen molar-refractivity contribution in [1.29, 1.82) is 0 Å². The summed E-state index contributed by atoms with van der Waals surface area (Å²) in [5.74, 6) is 1.47. The fraction of sp³-hybridized carbons (Fsp3) is 0.375. The van der Waals surface area contributed by atoms with Crippen LogP contribution in [0.25, 0.3) is 0 Å². The molecule has 0 radical (unpaired) electrons. The number of anilines is 4. The number of rotatable bonds is 6. The first-order valence-electron chi connectivity index (χ1n) is 10.9. The molecular formula is C24H30ClFN6. The molecule has 0 unspecified atom stereocenters. The van der Waals surface area contributed by atoms with Gasteiger partial charge in [-0.05, 0) is 61.6 Å². The van der Waals surface area contributed by atoms with Crippen LogP contribution in [-0.4, -0.2) is 28.0 Å². The number of nitrogens with zero attached hydrogens (tertiary/aromatic N) is 4. The van der Waals surface area contributed by atoms with Crippen LogP contribution in [0.5, 0.6) is 0 Å². The maximum atomic E-state index is 13.2. The molecule has 1 saturated heterocycles. The molecule has 3 aromatic rings. The molecule has 1 fully saturated rings. The Morgan fingerprint density at radius 1 is 0.875 bits per heavy atom. The number of aryl methyl sites for hydroxylation is 2. The Morgan fingerprint density at radius 2 is 1.56 bits per heavy atom. The van der Waals surface area contributed by atoms with Gasteiger partial charge in [-0.15, -0.1) is 12.4 Å². The van der Waals surface area contributed by atoms with E-state index in [0.29, 0.717) is 24.4 Å². The van der Waals surface area contributed by atoms with E-state index >= 15 is 0 Å². The van der Waals surface area contributed by atoms with Gasteiger partial charge in [-0.1, -0.05) is 37.1 Å². The summed E-state index contributed by atoms with van der Waals surface area (Å²) in [4.78, 5) is 16.3. The first-order chi connectivity index (χ1) is 15.1. The summed E-state index contributed by atoms with van der Waals surface area (Å²) in [5, 5.41) is 6.65. The van der Waals surface area contributed by atoms with Gasteiger partial charge in [-0.3, -0.25) is 0 Å². The lowest BCUT2D eigenvalue weighted by Crippen LogP contribution is -2.27. The Balaban J connectivity index is 0.00000289. The van der Waals surface area contributed by atoms with Gasteiger partial charge in [0.25, 0.3) is 0 Å². The first-order valence-corrected chi connectivity index (χ1v) is 10.9. The smallest absolute Gasteiger partial charge is 0.233 e. The summed E-state index contributed by atoms with van der Waals surface area (Å²) in [5.41, 5.74) is 4.24. The van der Waals surface area contributed by atoms with E-state index in [9.17, 15) is 4.39 Å². The topological polar surface area (TPSA) is 66.0 Å². The highest BCUT2D eigenvalue weighted by Crippen LogP contribution is 2.23. The average Bonchev–Trinajstić information content (AvgIpc) is 3.05. The van der Waals surface area contributed by atoms with Crippen LogP contribution in [0.15, 0.2) is 42.5 Å². The van der Waals surface area contributed by atoms with Gasteiger partial charge in [0, 0.05) is 25.3 Å². The average molecular weight is 457 g/mol. The number of benzene rings is 2. The summed E-state index contributed by atoms with van der Waals surface area (Å²) in [6.45, 7) is 6.53. The largest absolute Gasteiger partial charge is 0.350 e. The second-order valence-corrected chi connectivity index (χ2v) is 8.11. The molecule has 2 heterocycles. The maximum absolute atomic E-state index is 13.2. The zero-order valence-corrected chi connectivity index (χ0v) is 19.4. The highest BCUT2D eigenvalue weighted by Gasteiger charge is 2.16. The van der Waals surface area contributed by atoms with Gasteiger partial charge in [-0.2, -0.15) is 15.0 Å². The lowest BCUT2D eigenvalue weighted by atomic mass is 10.1. The van der Waals surface area contributed by atoms with Crippen molar-refractivity contribution in [3.63, 3.8) is 0 Å². The molecule has 0 aliphatic carbocycles. The van der Waals surface area contributed by atoms with Crippen LogP contribution in [0.1, 0.15) is 42.4 Å². The second kappa shape index (κ2) is 11.1. The molecule has 0 amide bonds. The van der Waals surface area contributed by atoms with Crippen LogP contribution >= 0.6 is 12.4 Å². The van der Waals surface area contributed by atoms with Crippen molar-refractivity contribution >= 4 is 35.9 Å². The normalized spacial score (nSPS) is 13.8. The van der Waals surface area contributed by atoms with Crippen molar-refractivity contribution in [1.82, 2.24) is 15.0 Å². The molecular weight excluding hydrogens is 427 g/mol. The molecule has 0 saturated carbocycles. The van der Waals surface area contributed by atoms with Crippen molar-refractivity contribution in [2.45, 2.75) is 46.1 Å². The summed E-state index contributed by atoms with van der Waals surface area (Å²) >= 11 is 0. The van der Waals surface area contributed by atoms with Crippen molar-refractivity contribution in [3.8, 4) is 0 Å². The van der Waals surface area contributed by atoms with Gasteiger partial charge in [0.2, 0.25) is 17.8 Å². The van der Waals surface area contributed by atoms with Gasteiger partial charge in [0.1, 0.15) is 5.82 Å². The molecule has 1 aromatic heterocycles. The van der Waals surface area contributed by atoms with E-state index in [4.69, 9.17) is 9.97 Å². The predicted octanol–water partition coefficient (Wildman–Crippen LogP) is 5.79. The third kappa shape index (κ3) is 6.29. The Hall–Kier alpha value is -2.93. The van der Waals surface area contributed by atoms with Gasteiger partial charge < -0.3 is 15.5 Å². The molecule has 0 bridgehead atoms. The molecule has 32 heavy (non-hydrogen) atoms. The van der Waals surface area contributed by atoms with Crippen LogP contribution in [0.3, 0.4) is 0 Å². The second-order valence-electron chi connectivity index (χ2n) is 8.11. The summed E-state index contributed by atoms with van der Waals surface area (Å²) in [6, 6.07) is 12.7. The minimum absolute atomic E-state index is 0. The van der Waals surface area contributed by atoms with E-state index in [2.05, 4.69) is 52.6 Å². The van der Waals surface area contributed by atoms with Gasteiger partial charge >= 0.3 is 0 Å². The number of halogens is 2. The van der Waals surface area contributed by atoms with Crippen molar-refractivity contribution < 1.29 is 4.39 Å². The third-order valence-electron chi connectivity index (χ3n) is 5.52. The Labute approximate surface area is 195 Å². The molecule has 1 aliphatic rings. The number of hydrogen-bond donors (Lipinski definition) is 2. The molecule has 6 nitrogen and oxygen atoms in total. The van der Waals surface area contributed by atoms with E-state index in [1.165, 1.54) is 30.5 Å². The predicted molar refractivity (Wildman–Crippen MR) is 131 cm³/mol. The van der Waals surface area contributed by atoms with E-state index in [1.807, 2.05) is 0 Å². The Bertz CT molecular complexity index is 1020. The molecule has 0 atom stereocenters. The van der Waals surface area contributed by atoms with E-state index < -0.39 is 0 Å². The standard InChI is InChI=1S/C24H29FN6.ClH/c1-17-7-8-18(2)21(15-17)27-23-28-22(26-16-19-9-11-20(25)12-10-19)29-24(30-23)31-13-5-3-4-6-14-31;/h7-12,15H,3-6,13-14,16H2,1-2H3,(H2,26,27,28,29,30);1H. The highest BCUT2D eigenvalue weighted by molar-refractivity contribution is 5.85. The number of aromatic nitrogens is 3. The van der Waals surface area contributed by atoms with Crippen LogP contribution in [0.2, 0.25) is 0 Å². The summed E-state index contributed by atoms with van der Waals surface area (Å²) in [6.07, 6.45) is 4.77. The SMILES string of the molecule is Cc1ccc(C)c(Nc2nc(NCc3ccc(F)cc3)nc(N3CCCCCC3)n2)c1.Cl. The minimum Gasteiger partial charge on any atom is -0.350 e. The molecule has 0 spiro atoms. The maximum Gasteiger partial charge on any atom is 0.233 e. The number of nitrogens with one attached hydrogen (secondary N) is 2. The lowest BCUT2D eigenvalue weighted by molar-refractivity contribution is 0.627. The van der Waals surface area contributed by atoms with Crippen LogP contribution in [0, 0.1) is 19.7 Å². The fourth-order valence-electron chi connectivity index (χ4n) is 3.69. The van der Waals surface area contributed by atoms with Crippen molar-refractivity contribution in [2.75, 3.05) is 28.6 Å². The Kier molecular flexibility index (Phi) is 8.22. The van der Waals surface area contributed by atoms with Gasteiger partial charge in [0.15, 0.2) is 0 Å². The molecule has 4 rings (SSSR count). The van der Waals surface area contributed by atoms with Crippen LogP contribution < -0.4 is 15.5 Å². The minimum atomic E-state index is -0.243. The van der Waals surface area contributed by atoms with E-state index in [-0.39, 0.29) is 18.2 Å². The molecule has 2 N–H and O–H groups in total. The fourth-order valence-corrected chi connectivity index (χ4v) is 3.69. The lowest BCUT2D eigenvalue weighted by Gasteiger charge is -2.21. The Morgan fingerprint density at radius 3 is 2.28 bits per heavy atom. The number of hydrogen-bond acceptors (Lipinski definition) is 6. The van der Waals surface area contributed by atoms with Gasteiger partial charge in [0.05, 0.1) is 0 Å². The summed E-state index contributed by atoms with van der Waals surface area (Å²) in [7, 11) is 0. The monoisotopic (exact) mass is 456 g/mol. The van der Waals surface area contributed by atoms with Crippen LogP contribution in [-0.2, 0) is 6.54 Å². The molecule has 8 heteroatoms. The highest BCUT2D eigenvalue weighted by atomic mass is 35.5.